The second-order valence-electron chi connectivity index (χ2n) is 4.36. The van der Waals surface area contributed by atoms with Gasteiger partial charge in [-0.25, -0.2) is 4.68 Å². The first-order valence-corrected chi connectivity index (χ1v) is 6.73. The molecule has 8 nitrogen and oxygen atoms in total. The van der Waals surface area contributed by atoms with Crippen molar-refractivity contribution in [2.24, 2.45) is 5.73 Å². The molecule has 1 aromatic heterocycles. The molecular formula is C15H16N4O4. The molecule has 0 saturated heterocycles. The first-order chi connectivity index (χ1) is 11.1. The highest BCUT2D eigenvalue weighted by molar-refractivity contribution is 5.89. The number of hydrogen-bond donors (Lipinski definition) is 2. The van der Waals surface area contributed by atoms with E-state index in [4.69, 9.17) is 20.3 Å². The maximum Gasteiger partial charge on any atom is 0.286 e. The van der Waals surface area contributed by atoms with Crippen LogP contribution in [0.1, 0.15) is 22.0 Å². The van der Waals surface area contributed by atoms with Crippen LogP contribution in [0, 0.1) is 11.8 Å². The first kappa shape index (κ1) is 16.5. The number of benzene rings is 1. The SMILES string of the molecule is COc1ccc(C#Cc2nc(C(N)=O)n(COCCO)n2)cc1. The third kappa shape index (κ3) is 4.54. The minimum absolute atomic E-state index is 0.0456. The monoisotopic (exact) mass is 316 g/mol. The second kappa shape index (κ2) is 7.93. The van der Waals surface area contributed by atoms with Crippen LogP contribution in [-0.2, 0) is 11.5 Å². The van der Waals surface area contributed by atoms with E-state index in [1.165, 1.54) is 4.68 Å². The number of aromatic nitrogens is 3. The highest BCUT2D eigenvalue weighted by Gasteiger charge is 2.13. The van der Waals surface area contributed by atoms with Crippen LogP contribution in [0.4, 0.5) is 0 Å². The number of rotatable bonds is 6. The van der Waals surface area contributed by atoms with Gasteiger partial charge in [0.1, 0.15) is 12.5 Å². The largest absolute Gasteiger partial charge is 0.497 e. The molecule has 0 aliphatic heterocycles. The first-order valence-electron chi connectivity index (χ1n) is 6.73. The Balaban J connectivity index is 2.17. The number of primary amides is 1. The molecular weight excluding hydrogens is 300 g/mol. The fraction of sp³-hybridized carbons (Fsp3) is 0.267. The summed E-state index contributed by atoms with van der Waals surface area (Å²) in [5, 5.41) is 12.7. The molecule has 120 valence electrons. The Bertz CT molecular complexity index is 728. The average molecular weight is 316 g/mol. The maximum absolute atomic E-state index is 11.3. The van der Waals surface area contributed by atoms with Crippen LogP contribution >= 0.6 is 0 Å². The fourth-order valence-electron chi connectivity index (χ4n) is 1.69. The Morgan fingerprint density at radius 1 is 1.35 bits per heavy atom. The lowest BCUT2D eigenvalue weighted by atomic mass is 10.2. The minimum atomic E-state index is -0.734. The second-order valence-corrected chi connectivity index (χ2v) is 4.36. The normalized spacial score (nSPS) is 10.0. The van der Waals surface area contributed by atoms with E-state index in [0.717, 1.165) is 11.3 Å². The minimum Gasteiger partial charge on any atom is -0.497 e. The van der Waals surface area contributed by atoms with Crippen molar-refractivity contribution in [2.45, 2.75) is 6.73 Å². The average Bonchev–Trinajstić information content (AvgIpc) is 2.97. The summed E-state index contributed by atoms with van der Waals surface area (Å²) < 4.78 is 11.4. The summed E-state index contributed by atoms with van der Waals surface area (Å²) in [6, 6.07) is 7.16. The third-order valence-electron chi connectivity index (χ3n) is 2.75. The van der Waals surface area contributed by atoms with Crippen LogP contribution in [0.25, 0.3) is 0 Å². The summed E-state index contributed by atoms with van der Waals surface area (Å²) in [4.78, 5) is 15.3. The Hall–Kier alpha value is -2.89. The van der Waals surface area contributed by atoms with Gasteiger partial charge < -0.3 is 20.3 Å². The molecule has 8 heteroatoms. The van der Waals surface area contributed by atoms with E-state index >= 15 is 0 Å². The molecule has 2 rings (SSSR count). The van der Waals surface area contributed by atoms with Gasteiger partial charge in [0, 0.05) is 5.56 Å². The lowest BCUT2D eigenvalue weighted by Crippen LogP contribution is -2.20. The number of ether oxygens (including phenoxy) is 2. The molecule has 0 aliphatic carbocycles. The van der Waals surface area contributed by atoms with Gasteiger partial charge in [0.25, 0.3) is 5.91 Å². The van der Waals surface area contributed by atoms with E-state index in [1.807, 2.05) is 0 Å². The van der Waals surface area contributed by atoms with E-state index in [1.54, 1.807) is 31.4 Å². The van der Waals surface area contributed by atoms with Crippen LogP contribution < -0.4 is 10.5 Å². The van der Waals surface area contributed by atoms with Gasteiger partial charge in [-0.15, -0.1) is 5.10 Å². The van der Waals surface area contributed by atoms with Crippen molar-refractivity contribution < 1.29 is 19.4 Å². The predicted octanol–water partition coefficient (Wildman–Crippen LogP) is -0.248. The zero-order valence-corrected chi connectivity index (χ0v) is 12.5. The topological polar surface area (TPSA) is 112 Å². The molecule has 3 N–H and O–H groups in total. The molecule has 0 spiro atoms. The molecule has 0 fully saturated rings. The van der Waals surface area contributed by atoms with Crippen LogP contribution in [-0.4, -0.2) is 46.1 Å². The highest BCUT2D eigenvalue weighted by Crippen LogP contribution is 2.10. The Kier molecular flexibility index (Phi) is 5.68. The number of aliphatic hydroxyl groups excluding tert-OH is 1. The van der Waals surface area contributed by atoms with Crippen molar-refractivity contribution in [1.82, 2.24) is 14.8 Å². The van der Waals surface area contributed by atoms with E-state index in [0.29, 0.717) is 0 Å². The molecule has 0 atom stereocenters. The molecule has 0 aliphatic rings. The number of aliphatic hydroxyl groups is 1. The summed E-state index contributed by atoms with van der Waals surface area (Å²) in [5.41, 5.74) is 5.99. The molecule has 2 aromatic rings. The number of nitrogens with two attached hydrogens (primary N) is 1. The van der Waals surface area contributed by atoms with E-state index in [2.05, 4.69) is 21.9 Å². The Morgan fingerprint density at radius 2 is 2.09 bits per heavy atom. The van der Waals surface area contributed by atoms with Gasteiger partial charge in [0.15, 0.2) is 0 Å². The van der Waals surface area contributed by atoms with Crippen molar-refractivity contribution in [3.63, 3.8) is 0 Å². The van der Waals surface area contributed by atoms with Crippen LogP contribution in [0.2, 0.25) is 0 Å². The molecule has 23 heavy (non-hydrogen) atoms. The fourth-order valence-corrected chi connectivity index (χ4v) is 1.69. The molecule has 1 aromatic carbocycles. The van der Waals surface area contributed by atoms with Gasteiger partial charge in [-0.05, 0) is 30.2 Å². The molecule has 0 saturated carbocycles. The lowest BCUT2D eigenvalue weighted by molar-refractivity contribution is 0.0398. The van der Waals surface area contributed by atoms with Gasteiger partial charge in [0.2, 0.25) is 11.6 Å². The zero-order valence-electron chi connectivity index (χ0n) is 12.5. The van der Waals surface area contributed by atoms with Crippen molar-refractivity contribution >= 4 is 5.91 Å². The third-order valence-corrected chi connectivity index (χ3v) is 2.75. The van der Waals surface area contributed by atoms with E-state index in [9.17, 15) is 4.79 Å². The maximum atomic E-state index is 11.3. The number of amides is 1. The van der Waals surface area contributed by atoms with Crippen molar-refractivity contribution in [3.8, 4) is 17.6 Å². The summed E-state index contributed by atoms with van der Waals surface area (Å²) in [5.74, 6) is 5.74. The van der Waals surface area contributed by atoms with Crippen molar-refractivity contribution in [1.29, 1.82) is 0 Å². The molecule has 0 unspecified atom stereocenters. The van der Waals surface area contributed by atoms with Crippen LogP contribution in [0.3, 0.4) is 0 Å². The number of hydrogen-bond acceptors (Lipinski definition) is 6. The molecule has 1 amide bonds. The van der Waals surface area contributed by atoms with Crippen LogP contribution in [0.15, 0.2) is 24.3 Å². The van der Waals surface area contributed by atoms with Gasteiger partial charge >= 0.3 is 0 Å². The van der Waals surface area contributed by atoms with Gasteiger partial charge in [-0.1, -0.05) is 5.92 Å². The predicted molar refractivity (Wildman–Crippen MR) is 80.6 cm³/mol. The van der Waals surface area contributed by atoms with Crippen molar-refractivity contribution in [3.05, 3.63) is 41.5 Å². The number of carbonyl (C=O) groups is 1. The number of nitrogens with zero attached hydrogens (tertiary/aromatic N) is 3. The molecule has 1 heterocycles. The number of methoxy groups -OCH3 is 1. The molecule has 0 bridgehead atoms. The number of carbonyl (C=O) groups excluding carboxylic acids is 1. The van der Waals surface area contributed by atoms with E-state index < -0.39 is 5.91 Å². The smallest absolute Gasteiger partial charge is 0.286 e. The van der Waals surface area contributed by atoms with Gasteiger partial charge in [-0.3, -0.25) is 4.79 Å². The quantitative estimate of drug-likeness (QED) is 0.561. The van der Waals surface area contributed by atoms with E-state index in [-0.39, 0.29) is 31.6 Å². The summed E-state index contributed by atoms with van der Waals surface area (Å²) in [6.45, 7) is -0.0638. The summed E-state index contributed by atoms with van der Waals surface area (Å²) in [6.07, 6.45) is 0. The van der Waals surface area contributed by atoms with Gasteiger partial charge in [0.05, 0.1) is 20.3 Å². The Labute approximate surface area is 132 Å². The zero-order chi connectivity index (χ0) is 16.7. The van der Waals surface area contributed by atoms with Crippen LogP contribution in [0.5, 0.6) is 5.75 Å². The highest BCUT2D eigenvalue weighted by atomic mass is 16.5. The Morgan fingerprint density at radius 3 is 2.70 bits per heavy atom. The van der Waals surface area contributed by atoms with Gasteiger partial charge in [-0.2, -0.15) is 4.98 Å². The standard InChI is InChI=1S/C15H16N4O4/c1-22-12-5-2-11(3-6-12)4-7-13-17-15(14(16)21)19(18-13)10-23-9-8-20/h2-3,5-6,20H,8-10H2,1H3,(H2,16,21). The van der Waals surface area contributed by atoms with Crippen molar-refractivity contribution in [2.75, 3.05) is 20.3 Å². The lowest BCUT2D eigenvalue weighted by Gasteiger charge is -2.03. The molecule has 0 radical (unpaired) electrons. The summed E-state index contributed by atoms with van der Waals surface area (Å²) >= 11 is 0. The summed E-state index contributed by atoms with van der Waals surface area (Å²) in [7, 11) is 1.58.